The largest absolute Gasteiger partial charge is 0.375 e. The summed E-state index contributed by atoms with van der Waals surface area (Å²) in [4.78, 5) is 5.37. The van der Waals surface area contributed by atoms with Crippen LogP contribution < -0.4 is 5.32 Å². The van der Waals surface area contributed by atoms with E-state index in [1.165, 1.54) is 54.1 Å². The molecule has 1 aliphatic heterocycles. The number of ether oxygens (including phenoxy) is 1. The van der Waals surface area contributed by atoms with Gasteiger partial charge in [0.2, 0.25) is 0 Å². The van der Waals surface area contributed by atoms with Crippen molar-refractivity contribution in [2.75, 3.05) is 26.2 Å². The average molecular weight is 294 g/mol. The molecular weight excluding hydrogens is 268 g/mol. The van der Waals surface area contributed by atoms with Gasteiger partial charge in [-0.05, 0) is 57.3 Å². The van der Waals surface area contributed by atoms with Crippen molar-refractivity contribution in [1.82, 2.24) is 10.2 Å². The molecule has 2 fully saturated rings. The smallest absolute Gasteiger partial charge is 0.0728 e. The molecule has 3 nitrogen and oxygen atoms in total. The minimum atomic E-state index is 0.777. The third kappa shape index (κ3) is 4.29. The molecule has 0 unspecified atom stereocenters. The zero-order valence-electron chi connectivity index (χ0n) is 12.5. The summed E-state index contributed by atoms with van der Waals surface area (Å²) in [6.45, 7) is 8.51. The Kier molecular flexibility index (Phi) is 5.10. The zero-order chi connectivity index (χ0) is 13.8. The summed E-state index contributed by atoms with van der Waals surface area (Å²) in [5, 5.41) is 3.58. The lowest BCUT2D eigenvalue weighted by Crippen LogP contribution is -2.23. The lowest BCUT2D eigenvalue weighted by Gasteiger charge is -2.14. The molecule has 1 N–H and O–H groups in total. The van der Waals surface area contributed by atoms with E-state index in [4.69, 9.17) is 4.74 Å². The lowest BCUT2D eigenvalue weighted by atomic mass is 10.2. The van der Waals surface area contributed by atoms with Crippen LogP contribution in [0.15, 0.2) is 6.07 Å². The molecule has 0 spiro atoms. The molecule has 4 heteroatoms. The van der Waals surface area contributed by atoms with Gasteiger partial charge in [-0.2, -0.15) is 0 Å². The molecule has 20 heavy (non-hydrogen) atoms. The van der Waals surface area contributed by atoms with Crippen molar-refractivity contribution < 1.29 is 4.74 Å². The van der Waals surface area contributed by atoms with Gasteiger partial charge in [0, 0.05) is 28.9 Å². The number of rotatable bonds is 8. The summed E-state index contributed by atoms with van der Waals surface area (Å²) < 4.78 is 5.86. The molecular formula is C16H26N2OS. The van der Waals surface area contributed by atoms with Crippen molar-refractivity contribution in [3.05, 3.63) is 21.4 Å². The first-order valence-corrected chi connectivity index (χ1v) is 8.74. The highest BCUT2D eigenvalue weighted by Crippen LogP contribution is 2.24. The number of hydrogen-bond acceptors (Lipinski definition) is 4. The van der Waals surface area contributed by atoms with Crippen LogP contribution in [0.4, 0.5) is 0 Å². The number of thiophene rings is 1. The first-order chi connectivity index (χ1) is 9.81. The van der Waals surface area contributed by atoms with Gasteiger partial charge >= 0.3 is 0 Å². The topological polar surface area (TPSA) is 24.5 Å². The predicted molar refractivity (Wildman–Crippen MR) is 84.2 cm³/mol. The van der Waals surface area contributed by atoms with Gasteiger partial charge in [-0.25, -0.2) is 0 Å². The molecule has 1 aromatic rings. The van der Waals surface area contributed by atoms with Crippen LogP contribution in [-0.4, -0.2) is 37.2 Å². The number of likely N-dealkylation sites (tertiary alicyclic amines) is 1. The summed E-state index contributed by atoms with van der Waals surface area (Å²) in [6, 6.07) is 3.11. The minimum absolute atomic E-state index is 0.777. The highest BCUT2D eigenvalue weighted by Gasteiger charge is 2.20. The van der Waals surface area contributed by atoms with E-state index < -0.39 is 0 Å². The molecule has 3 rings (SSSR count). The van der Waals surface area contributed by atoms with E-state index in [1.54, 1.807) is 0 Å². The molecule has 0 aromatic carbocycles. The maximum absolute atomic E-state index is 5.86. The highest BCUT2D eigenvalue weighted by atomic mass is 32.1. The van der Waals surface area contributed by atoms with Crippen LogP contribution in [0.1, 0.15) is 41.0 Å². The Hall–Kier alpha value is -0.420. The molecule has 0 atom stereocenters. The number of aryl methyl sites for hydroxylation is 1. The summed E-state index contributed by atoms with van der Waals surface area (Å²) in [7, 11) is 0. The van der Waals surface area contributed by atoms with Crippen LogP contribution in [0.25, 0.3) is 0 Å². The van der Waals surface area contributed by atoms with Gasteiger partial charge in [0.25, 0.3) is 0 Å². The van der Waals surface area contributed by atoms with E-state index in [-0.39, 0.29) is 0 Å². The van der Waals surface area contributed by atoms with Crippen molar-refractivity contribution in [3.8, 4) is 0 Å². The molecule has 1 saturated carbocycles. The van der Waals surface area contributed by atoms with Gasteiger partial charge in [0.15, 0.2) is 0 Å². The molecule has 2 heterocycles. The van der Waals surface area contributed by atoms with Crippen molar-refractivity contribution in [2.45, 2.75) is 51.8 Å². The third-order valence-corrected chi connectivity index (χ3v) is 5.31. The summed E-state index contributed by atoms with van der Waals surface area (Å²) in [5.41, 5.74) is 1.38. The molecule has 1 saturated heterocycles. The van der Waals surface area contributed by atoms with Gasteiger partial charge < -0.3 is 15.0 Å². The van der Waals surface area contributed by atoms with E-state index in [9.17, 15) is 0 Å². The number of hydrogen-bond donors (Lipinski definition) is 1. The Morgan fingerprint density at radius 1 is 1.35 bits per heavy atom. The van der Waals surface area contributed by atoms with E-state index in [2.05, 4.69) is 23.2 Å². The molecule has 1 aliphatic carbocycles. The van der Waals surface area contributed by atoms with Gasteiger partial charge in [-0.3, -0.25) is 0 Å². The fourth-order valence-corrected chi connectivity index (χ4v) is 3.73. The maximum Gasteiger partial charge on any atom is 0.0728 e. The van der Waals surface area contributed by atoms with Crippen LogP contribution in [0.2, 0.25) is 0 Å². The maximum atomic E-state index is 5.86. The van der Waals surface area contributed by atoms with Crippen LogP contribution in [0, 0.1) is 6.92 Å². The Morgan fingerprint density at radius 3 is 2.90 bits per heavy atom. The van der Waals surface area contributed by atoms with Crippen LogP contribution in [0.3, 0.4) is 0 Å². The minimum Gasteiger partial charge on any atom is -0.375 e. The average Bonchev–Trinajstić information content (AvgIpc) is 2.99. The van der Waals surface area contributed by atoms with Gasteiger partial charge in [0.05, 0.1) is 13.2 Å². The van der Waals surface area contributed by atoms with Crippen LogP contribution in [-0.2, 0) is 17.9 Å². The standard InChI is InChI=1S/C16H26N2OS/c1-13-14(10-16(20-13)11-17-15-4-5-15)12-19-9-8-18-6-2-3-7-18/h10,15,17H,2-9,11-12H2,1H3. The molecule has 1 aromatic heterocycles. The summed E-state index contributed by atoms with van der Waals surface area (Å²) in [5.74, 6) is 0. The number of nitrogens with one attached hydrogen (secondary N) is 1. The Labute approximate surface area is 126 Å². The SMILES string of the molecule is Cc1sc(CNC2CC2)cc1COCCN1CCCC1. The molecule has 2 aliphatic rings. The lowest BCUT2D eigenvalue weighted by molar-refractivity contribution is 0.0991. The fourth-order valence-electron chi connectivity index (χ4n) is 2.73. The highest BCUT2D eigenvalue weighted by molar-refractivity contribution is 7.12. The van der Waals surface area contributed by atoms with Crippen molar-refractivity contribution in [2.24, 2.45) is 0 Å². The second kappa shape index (κ2) is 7.03. The quantitative estimate of drug-likeness (QED) is 0.746. The predicted octanol–water partition coefficient (Wildman–Crippen LogP) is 2.92. The van der Waals surface area contributed by atoms with E-state index >= 15 is 0 Å². The zero-order valence-corrected chi connectivity index (χ0v) is 13.3. The fraction of sp³-hybridized carbons (Fsp3) is 0.750. The van der Waals surface area contributed by atoms with Crippen LogP contribution >= 0.6 is 11.3 Å². The Morgan fingerprint density at radius 2 is 2.15 bits per heavy atom. The van der Waals surface area contributed by atoms with E-state index in [0.717, 1.165) is 32.3 Å². The second-order valence-corrected chi connectivity index (χ2v) is 7.39. The monoisotopic (exact) mass is 294 g/mol. The van der Waals surface area contributed by atoms with Crippen molar-refractivity contribution >= 4 is 11.3 Å². The van der Waals surface area contributed by atoms with Crippen molar-refractivity contribution in [1.29, 1.82) is 0 Å². The molecule has 112 valence electrons. The first-order valence-electron chi connectivity index (χ1n) is 7.93. The van der Waals surface area contributed by atoms with E-state index in [0.29, 0.717) is 0 Å². The summed E-state index contributed by atoms with van der Waals surface area (Å²) >= 11 is 1.91. The third-order valence-electron chi connectivity index (χ3n) is 4.22. The second-order valence-electron chi connectivity index (χ2n) is 6.05. The number of nitrogens with zero attached hydrogens (tertiary/aromatic N) is 1. The van der Waals surface area contributed by atoms with E-state index in [1.807, 2.05) is 11.3 Å². The van der Waals surface area contributed by atoms with Gasteiger partial charge in [-0.15, -0.1) is 11.3 Å². The normalized spacial score (nSPS) is 19.9. The molecule has 0 bridgehead atoms. The van der Waals surface area contributed by atoms with Gasteiger partial charge in [0.1, 0.15) is 0 Å². The first kappa shape index (κ1) is 14.5. The molecule has 0 radical (unpaired) electrons. The Balaban J connectivity index is 1.37. The van der Waals surface area contributed by atoms with Crippen molar-refractivity contribution in [3.63, 3.8) is 0 Å². The Bertz CT molecular complexity index is 422. The summed E-state index contributed by atoms with van der Waals surface area (Å²) in [6.07, 6.45) is 5.44. The van der Waals surface area contributed by atoms with Gasteiger partial charge in [-0.1, -0.05) is 0 Å². The van der Waals surface area contributed by atoms with Crippen LogP contribution in [0.5, 0.6) is 0 Å². The molecule has 0 amide bonds.